The van der Waals surface area contributed by atoms with E-state index in [-0.39, 0.29) is 16.5 Å². The van der Waals surface area contributed by atoms with Gasteiger partial charge in [0.05, 0.1) is 17.9 Å². The number of thioether (sulfide) groups is 1. The molecule has 1 N–H and O–H groups in total. The highest BCUT2D eigenvalue weighted by molar-refractivity contribution is 8.04. The summed E-state index contributed by atoms with van der Waals surface area (Å²) in [6.45, 7) is 4.08. The second-order valence-electron chi connectivity index (χ2n) is 4.95. The summed E-state index contributed by atoms with van der Waals surface area (Å²) in [6.07, 6.45) is 0. The smallest absolute Gasteiger partial charge is 0.338 e. The monoisotopic (exact) mass is 372 g/mol. The van der Waals surface area contributed by atoms with Gasteiger partial charge < -0.3 is 9.64 Å². The number of allylic oxidation sites excluding steroid dienone is 1. The molecule has 1 fully saturated rings. The van der Waals surface area contributed by atoms with Crippen molar-refractivity contribution < 1.29 is 19.2 Å². The Kier molecular flexibility index (Phi) is 6.61. The number of nitriles is 2. The lowest BCUT2D eigenvalue weighted by atomic mass is 10.2. The van der Waals surface area contributed by atoms with Crippen molar-refractivity contribution in [2.45, 2.75) is 19.3 Å². The average molecular weight is 372 g/mol. The van der Waals surface area contributed by atoms with Gasteiger partial charge in [-0.05, 0) is 38.1 Å². The van der Waals surface area contributed by atoms with E-state index in [2.05, 4.69) is 5.48 Å². The minimum absolute atomic E-state index is 0.130. The number of nitrogens with one attached hydrogen (secondary N) is 1. The number of carbonyl (C=O) groups excluding carboxylic acids is 2. The maximum absolute atomic E-state index is 12.3. The van der Waals surface area contributed by atoms with E-state index >= 15 is 0 Å². The van der Waals surface area contributed by atoms with E-state index in [1.54, 1.807) is 50.3 Å². The van der Waals surface area contributed by atoms with Crippen LogP contribution in [-0.2, 0) is 14.4 Å². The quantitative estimate of drug-likeness (QED) is 0.460. The van der Waals surface area contributed by atoms with E-state index in [4.69, 9.17) is 20.1 Å². The number of anilines is 1. The number of carbonyl (C=O) groups is 2. The molecule has 0 aliphatic carbocycles. The molecule has 1 unspecified atom stereocenters. The highest BCUT2D eigenvalue weighted by atomic mass is 32.2. The first-order chi connectivity index (χ1) is 12.5. The fourth-order valence-electron chi connectivity index (χ4n) is 2.14. The van der Waals surface area contributed by atoms with E-state index in [1.165, 1.54) is 4.90 Å². The van der Waals surface area contributed by atoms with E-state index in [0.29, 0.717) is 24.4 Å². The molecule has 1 aliphatic heterocycles. The van der Waals surface area contributed by atoms with Crippen molar-refractivity contribution in [3.05, 3.63) is 40.4 Å². The Balaban J connectivity index is 2.05. The zero-order chi connectivity index (χ0) is 19.1. The first-order valence-corrected chi connectivity index (χ1v) is 8.65. The molecular weight excluding hydrogens is 356 g/mol. The molecule has 1 atom stereocenters. The molecule has 0 spiro atoms. The van der Waals surface area contributed by atoms with E-state index in [1.807, 2.05) is 0 Å². The normalized spacial score (nSPS) is 16.0. The Labute approximate surface area is 154 Å². The molecule has 8 nitrogen and oxygen atoms in total. The van der Waals surface area contributed by atoms with Gasteiger partial charge in [-0.1, -0.05) is 11.8 Å². The minimum atomic E-state index is -0.925. The molecule has 1 aromatic carbocycles. The van der Waals surface area contributed by atoms with Gasteiger partial charge in [0.15, 0.2) is 5.57 Å². The van der Waals surface area contributed by atoms with Crippen LogP contribution in [0.5, 0.6) is 0 Å². The number of esters is 1. The molecule has 1 aliphatic rings. The third kappa shape index (κ3) is 4.14. The first kappa shape index (κ1) is 19.3. The number of rotatable bonds is 6. The van der Waals surface area contributed by atoms with Crippen molar-refractivity contribution in [3.63, 3.8) is 0 Å². The summed E-state index contributed by atoms with van der Waals surface area (Å²) in [4.78, 5) is 30.7. The number of amides is 1. The number of nitrogens with zero attached hydrogens (tertiary/aromatic N) is 3. The fourth-order valence-corrected chi connectivity index (χ4v) is 3.22. The highest BCUT2D eigenvalue weighted by Crippen LogP contribution is 2.37. The SMILES string of the molecule is CCOC(=O)c1ccc(NOC2SC(=C(C#N)C#N)N(CC)C2=O)cc1. The van der Waals surface area contributed by atoms with Crippen LogP contribution in [0.3, 0.4) is 0 Å². The molecule has 0 radical (unpaired) electrons. The molecule has 0 aromatic heterocycles. The van der Waals surface area contributed by atoms with E-state index in [0.717, 1.165) is 11.8 Å². The van der Waals surface area contributed by atoms with Gasteiger partial charge in [-0.15, -0.1) is 0 Å². The van der Waals surface area contributed by atoms with Gasteiger partial charge >= 0.3 is 5.97 Å². The molecule has 134 valence electrons. The van der Waals surface area contributed by atoms with Crippen LogP contribution >= 0.6 is 11.8 Å². The van der Waals surface area contributed by atoms with Crippen molar-refractivity contribution in [2.24, 2.45) is 0 Å². The lowest BCUT2D eigenvalue weighted by molar-refractivity contribution is -0.133. The van der Waals surface area contributed by atoms with Crippen molar-refractivity contribution in [3.8, 4) is 12.1 Å². The molecule has 26 heavy (non-hydrogen) atoms. The van der Waals surface area contributed by atoms with Crippen LogP contribution in [0, 0.1) is 22.7 Å². The van der Waals surface area contributed by atoms with Gasteiger partial charge in [0.25, 0.3) is 5.91 Å². The van der Waals surface area contributed by atoms with Gasteiger partial charge in [0.1, 0.15) is 17.2 Å². The summed E-state index contributed by atoms with van der Waals surface area (Å²) in [5, 5.41) is 18.3. The molecule has 1 aromatic rings. The van der Waals surface area contributed by atoms with Crippen molar-refractivity contribution >= 4 is 29.3 Å². The van der Waals surface area contributed by atoms with Crippen molar-refractivity contribution in [1.82, 2.24) is 4.90 Å². The van der Waals surface area contributed by atoms with Gasteiger partial charge in [-0.3, -0.25) is 15.1 Å². The minimum Gasteiger partial charge on any atom is -0.462 e. The fraction of sp³-hybridized carbons (Fsp3) is 0.294. The molecule has 2 rings (SSSR count). The maximum Gasteiger partial charge on any atom is 0.338 e. The predicted molar refractivity (Wildman–Crippen MR) is 94.1 cm³/mol. The van der Waals surface area contributed by atoms with Crippen LogP contribution < -0.4 is 5.48 Å². The summed E-state index contributed by atoms with van der Waals surface area (Å²) in [5.74, 6) is -0.776. The maximum atomic E-state index is 12.3. The molecule has 1 heterocycles. The Bertz CT molecular complexity index is 792. The second kappa shape index (κ2) is 8.90. The molecule has 0 bridgehead atoms. The Morgan fingerprint density at radius 3 is 2.46 bits per heavy atom. The zero-order valence-electron chi connectivity index (χ0n) is 14.2. The van der Waals surface area contributed by atoms with Gasteiger partial charge in [-0.2, -0.15) is 10.5 Å². The van der Waals surface area contributed by atoms with Gasteiger partial charge in [-0.25, -0.2) is 4.79 Å². The van der Waals surface area contributed by atoms with Crippen LogP contribution in [0.15, 0.2) is 34.9 Å². The molecule has 0 saturated carbocycles. The molecule has 1 amide bonds. The zero-order valence-corrected chi connectivity index (χ0v) is 15.0. The average Bonchev–Trinajstić information content (AvgIpc) is 2.97. The molecule has 9 heteroatoms. The van der Waals surface area contributed by atoms with Crippen molar-refractivity contribution in [1.29, 1.82) is 10.5 Å². The number of likely N-dealkylation sites (N-methyl/N-ethyl adjacent to an activating group) is 1. The Morgan fingerprint density at radius 2 is 1.92 bits per heavy atom. The number of hydrogen-bond donors (Lipinski definition) is 1. The Morgan fingerprint density at radius 1 is 1.27 bits per heavy atom. The summed E-state index contributed by atoms with van der Waals surface area (Å²) in [6, 6.07) is 9.93. The third-order valence-corrected chi connectivity index (χ3v) is 4.52. The standard InChI is InChI=1S/C17H16N4O4S/c1-3-21-14(22)17(26-15(21)12(9-18)10-19)25-20-13-7-5-11(6-8-13)16(23)24-4-2/h5-8,17,20H,3-4H2,1-2H3. The van der Waals surface area contributed by atoms with Gasteiger partial charge in [0, 0.05) is 6.54 Å². The molecule has 1 saturated heterocycles. The van der Waals surface area contributed by atoms with E-state index in [9.17, 15) is 9.59 Å². The second-order valence-corrected chi connectivity index (χ2v) is 6.00. The predicted octanol–water partition coefficient (Wildman–Crippen LogP) is 2.39. The number of ether oxygens (including phenoxy) is 1. The topological polar surface area (TPSA) is 115 Å². The van der Waals surface area contributed by atoms with Crippen LogP contribution in [0.4, 0.5) is 5.69 Å². The van der Waals surface area contributed by atoms with Crippen LogP contribution in [-0.4, -0.2) is 35.4 Å². The highest BCUT2D eigenvalue weighted by Gasteiger charge is 2.39. The summed E-state index contributed by atoms with van der Waals surface area (Å²) < 4.78 is 4.90. The molecular formula is C17H16N4O4S. The summed E-state index contributed by atoms with van der Waals surface area (Å²) in [5.41, 5.74) is 2.53. The summed E-state index contributed by atoms with van der Waals surface area (Å²) in [7, 11) is 0. The summed E-state index contributed by atoms with van der Waals surface area (Å²) >= 11 is 0.995. The largest absolute Gasteiger partial charge is 0.462 e. The van der Waals surface area contributed by atoms with Crippen LogP contribution in [0.1, 0.15) is 24.2 Å². The number of benzene rings is 1. The lowest BCUT2D eigenvalue weighted by Gasteiger charge is -2.14. The Hall–Kier alpha value is -3.01. The van der Waals surface area contributed by atoms with Crippen molar-refractivity contribution in [2.75, 3.05) is 18.6 Å². The van der Waals surface area contributed by atoms with E-state index < -0.39 is 11.4 Å². The number of hydrogen-bond acceptors (Lipinski definition) is 8. The first-order valence-electron chi connectivity index (χ1n) is 7.77. The lowest BCUT2D eigenvalue weighted by Crippen LogP contribution is -2.31. The van der Waals surface area contributed by atoms with Crippen LogP contribution in [0.25, 0.3) is 0 Å². The van der Waals surface area contributed by atoms with Crippen LogP contribution in [0.2, 0.25) is 0 Å². The third-order valence-electron chi connectivity index (χ3n) is 3.37. The van der Waals surface area contributed by atoms with Gasteiger partial charge in [0.2, 0.25) is 5.44 Å².